The lowest BCUT2D eigenvalue weighted by Crippen LogP contribution is -2.00. The van der Waals surface area contributed by atoms with E-state index in [0.29, 0.717) is 39.3 Å². The number of benzene rings is 2. The quantitative estimate of drug-likeness (QED) is 0.429. The van der Waals surface area contributed by atoms with E-state index >= 15 is 0 Å². The molecular weight excluding hydrogens is 405 g/mol. The highest BCUT2D eigenvalue weighted by molar-refractivity contribution is 6.09. The number of halogens is 1. The lowest BCUT2D eigenvalue weighted by molar-refractivity contribution is 0.0699. The summed E-state index contributed by atoms with van der Waals surface area (Å²) in [6.45, 7) is 5.62. The first-order valence-electron chi connectivity index (χ1n) is 9.59. The van der Waals surface area contributed by atoms with Crippen molar-refractivity contribution in [3.05, 3.63) is 53.2 Å². The van der Waals surface area contributed by atoms with Crippen LogP contribution in [-0.4, -0.2) is 29.9 Å². The zero-order valence-corrected chi connectivity index (χ0v) is 17.4. The first-order chi connectivity index (χ1) is 14.8. The third kappa shape index (κ3) is 3.39. The van der Waals surface area contributed by atoms with Gasteiger partial charge in [0.15, 0.2) is 5.76 Å². The Kier molecular flexibility index (Phi) is 5.14. The third-order valence-corrected chi connectivity index (χ3v) is 5.01. The highest BCUT2D eigenvalue weighted by Crippen LogP contribution is 2.43. The number of aromatic carboxylic acids is 1. The number of hydrogen-bond donors (Lipinski definition) is 1. The molecule has 0 radical (unpaired) electrons. The number of hydrogen-bond acceptors (Lipinski definition) is 6. The number of carboxylic acid groups (broad SMARTS) is 1. The number of nitrogens with zero attached hydrogens (tertiary/aromatic N) is 1. The lowest BCUT2D eigenvalue weighted by Gasteiger charge is -2.09. The minimum absolute atomic E-state index is 0.0637. The van der Waals surface area contributed by atoms with Crippen LogP contribution >= 0.6 is 0 Å². The van der Waals surface area contributed by atoms with E-state index in [1.165, 1.54) is 25.3 Å². The molecule has 8 heteroatoms. The molecule has 0 aliphatic heterocycles. The lowest BCUT2D eigenvalue weighted by atomic mass is 9.99. The van der Waals surface area contributed by atoms with Crippen molar-refractivity contribution in [3.8, 4) is 33.9 Å². The maximum absolute atomic E-state index is 13.8. The highest BCUT2D eigenvalue weighted by Gasteiger charge is 2.27. The van der Waals surface area contributed by atoms with E-state index in [4.69, 9.17) is 18.4 Å². The molecule has 0 saturated carbocycles. The molecule has 0 amide bonds. The summed E-state index contributed by atoms with van der Waals surface area (Å²) in [6.07, 6.45) is 0. The van der Waals surface area contributed by atoms with Crippen molar-refractivity contribution >= 4 is 16.9 Å². The standard InChI is InChI=1S/C23H20FNO6/c1-5-29-18-8-13(24)6-7-14(18)22-21(23(26)27)16-9-17(28-4)15(10-19(16)30-22)20-11(2)25-31-12(20)3/h6-10H,5H2,1-4H3,(H,26,27). The van der Waals surface area contributed by atoms with E-state index in [1.807, 2.05) is 0 Å². The molecule has 0 spiro atoms. The van der Waals surface area contributed by atoms with Crippen LogP contribution < -0.4 is 9.47 Å². The summed E-state index contributed by atoms with van der Waals surface area (Å²) in [6, 6.07) is 7.17. The third-order valence-electron chi connectivity index (χ3n) is 5.01. The molecule has 0 fully saturated rings. The zero-order valence-electron chi connectivity index (χ0n) is 17.4. The zero-order chi connectivity index (χ0) is 22.3. The summed E-state index contributed by atoms with van der Waals surface area (Å²) in [5.41, 5.74) is 2.67. The fourth-order valence-corrected chi connectivity index (χ4v) is 3.72. The van der Waals surface area contributed by atoms with E-state index in [1.54, 1.807) is 32.9 Å². The van der Waals surface area contributed by atoms with E-state index in [2.05, 4.69) is 5.16 Å². The van der Waals surface area contributed by atoms with Gasteiger partial charge in [-0.2, -0.15) is 0 Å². The maximum Gasteiger partial charge on any atom is 0.340 e. The summed E-state index contributed by atoms with van der Waals surface area (Å²) in [4.78, 5) is 12.2. The van der Waals surface area contributed by atoms with Crippen molar-refractivity contribution in [2.75, 3.05) is 13.7 Å². The second-order valence-electron chi connectivity index (χ2n) is 6.93. The second-order valence-corrected chi connectivity index (χ2v) is 6.93. The Labute approximate surface area is 177 Å². The molecule has 160 valence electrons. The number of aromatic nitrogens is 1. The molecule has 0 saturated heterocycles. The Balaban J connectivity index is 2.03. The predicted octanol–water partition coefficient (Wildman–Crippen LogP) is 5.62. The smallest absolute Gasteiger partial charge is 0.340 e. The minimum atomic E-state index is -1.19. The molecule has 31 heavy (non-hydrogen) atoms. The SMILES string of the molecule is CCOc1cc(F)ccc1-c1oc2cc(-c3c(C)noc3C)c(OC)cc2c1C(=O)O. The van der Waals surface area contributed by atoms with Gasteiger partial charge in [0.05, 0.1) is 30.5 Å². The fourth-order valence-electron chi connectivity index (χ4n) is 3.72. The molecule has 1 N–H and O–H groups in total. The summed E-state index contributed by atoms with van der Waals surface area (Å²) in [5.74, 6) is -0.375. The van der Waals surface area contributed by atoms with Gasteiger partial charge in [-0.25, -0.2) is 9.18 Å². The van der Waals surface area contributed by atoms with Gasteiger partial charge in [-0.1, -0.05) is 5.16 Å². The molecule has 0 aliphatic carbocycles. The predicted molar refractivity (Wildman–Crippen MR) is 111 cm³/mol. The molecule has 0 aliphatic rings. The number of carboxylic acids is 1. The molecule has 0 bridgehead atoms. The van der Waals surface area contributed by atoms with Crippen LogP contribution in [0.3, 0.4) is 0 Å². The molecule has 2 aromatic heterocycles. The van der Waals surface area contributed by atoms with Gasteiger partial charge in [-0.3, -0.25) is 0 Å². The Morgan fingerprint density at radius 2 is 1.94 bits per heavy atom. The second kappa shape index (κ2) is 7.79. The maximum atomic E-state index is 13.8. The van der Waals surface area contributed by atoms with E-state index in [9.17, 15) is 14.3 Å². The van der Waals surface area contributed by atoms with E-state index in [-0.39, 0.29) is 23.7 Å². The van der Waals surface area contributed by atoms with Crippen molar-refractivity contribution in [2.45, 2.75) is 20.8 Å². The van der Waals surface area contributed by atoms with Crippen molar-refractivity contribution in [3.63, 3.8) is 0 Å². The van der Waals surface area contributed by atoms with Crippen LogP contribution in [0.25, 0.3) is 33.4 Å². The highest BCUT2D eigenvalue weighted by atomic mass is 19.1. The van der Waals surface area contributed by atoms with Crippen molar-refractivity contribution in [1.29, 1.82) is 0 Å². The summed E-state index contributed by atoms with van der Waals surface area (Å²) in [5, 5.41) is 14.3. The van der Waals surface area contributed by atoms with Crippen LogP contribution in [0.15, 0.2) is 39.3 Å². The van der Waals surface area contributed by atoms with Crippen LogP contribution in [0.1, 0.15) is 28.7 Å². The van der Waals surface area contributed by atoms with Crippen molar-refractivity contribution in [2.24, 2.45) is 0 Å². The van der Waals surface area contributed by atoms with Crippen LogP contribution in [0.5, 0.6) is 11.5 Å². The molecule has 7 nitrogen and oxygen atoms in total. The molecule has 4 aromatic rings. The van der Waals surface area contributed by atoms with Crippen LogP contribution in [0.4, 0.5) is 4.39 Å². The minimum Gasteiger partial charge on any atom is -0.496 e. The van der Waals surface area contributed by atoms with Gasteiger partial charge in [-0.05, 0) is 45.0 Å². The largest absolute Gasteiger partial charge is 0.496 e. The Morgan fingerprint density at radius 1 is 1.16 bits per heavy atom. The Bertz CT molecular complexity index is 1280. The molecular formula is C23H20FNO6. The number of ether oxygens (including phenoxy) is 2. The van der Waals surface area contributed by atoms with Gasteiger partial charge in [0.25, 0.3) is 0 Å². The molecule has 0 atom stereocenters. The number of aryl methyl sites for hydroxylation is 2. The van der Waals surface area contributed by atoms with Gasteiger partial charge in [0.1, 0.15) is 34.2 Å². The van der Waals surface area contributed by atoms with Crippen LogP contribution in [-0.2, 0) is 0 Å². The Morgan fingerprint density at radius 3 is 2.55 bits per heavy atom. The summed E-state index contributed by atoms with van der Waals surface area (Å²) < 4.78 is 36.1. The van der Waals surface area contributed by atoms with Crippen molar-refractivity contribution in [1.82, 2.24) is 5.16 Å². The number of furan rings is 1. The summed E-state index contributed by atoms with van der Waals surface area (Å²) in [7, 11) is 1.50. The van der Waals surface area contributed by atoms with Crippen LogP contribution in [0, 0.1) is 19.7 Å². The Hall–Kier alpha value is -3.81. The van der Waals surface area contributed by atoms with Gasteiger partial charge >= 0.3 is 5.97 Å². The normalized spacial score (nSPS) is 11.1. The van der Waals surface area contributed by atoms with Gasteiger partial charge < -0.3 is 23.5 Å². The van der Waals surface area contributed by atoms with Gasteiger partial charge in [-0.15, -0.1) is 0 Å². The monoisotopic (exact) mass is 425 g/mol. The van der Waals surface area contributed by atoms with E-state index in [0.717, 1.165) is 5.56 Å². The molecule has 4 rings (SSSR count). The average Bonchev–Trinajstić information content (AvgIpc) is 3.26. The number of carbonyl (C=O) groups is 1. The van der Waals surface area contributed by atoms with E-state index < -0.39 is 11.8 Å². The number of methoxy groups -OCH3 is 1. The van der Waals surface area contributed by atoms with Gasteiger partial charge in [0.2, 0.25) is 0 Å². The number of fused-ring (bicyclic) bond motifs is 1. The van der Waals surface area contributed by atoms with Gasteiger partial charge in [0, 0.05) is 17.0 Å². The molecule has 2 heterocycles. The molecule has 2 aromatic carbocycles. The van der Waals surface area contributed by atoms with Crippen molar-refractivity contribution < 1.29 is 32.7 Å². The average molecular weight is 425 g/mol. The topological polar surface area (TPSA) is 94.9 Å². The van der Waals surface area contributed by atoms with Crippen LogP contribution in [0.2, 0.25) is 0 Å². The molecule has 0 unspecified atom stereocenters. The first-order valence-corrected chi connectivity index (χ1v) is 9.59. The first kappa shape index (κ1) is 20.5. The number of rotatable bonds is 6. The fraction of sp³-hybridized carbons (Fsp3) is 0.217. The summed E-state index contributed by atoms with van der Waals surface area (Å²) >= 11 is 0.